The van der Waals surface area contributed by atoms with Gasteiger partial charge in [0.25, 0.3) is 5.91 Å². The Morgan fingerprint density at radius 2 is 2.25 bits per heavy atom. The zero-order valence-electron chi connectivity index (χ0n) is 10.6. The Bertz CT molecular complexity index is 638. The lowest BCUT2D eigenvalue weighted by atomic mass is 10.1. The number of hydrogen-bond acceptors (Lipinski definition) is 6. The van der Waals surface area contributed by atoms with Crippen LogP contribution in [0.15, 0.2) is 29.2 Å². The van der Waals surface area contributed by atoms with Crippen molar-refractivity contribution in [2.45, 2.75) is 0 Å². The lowest BCUT2D eigenvalue weighted by Crippen LogP contribution is -2.17. The van der Waals surface area contributed by atoms with Gasteiger partial charge in [0.1, 0.15) is 24.1 Å². The van der Waals surface area contributed by atoms with Crippen molar-refractivity contribution in [2.24, 2.45) is 5.73 Å². The molecule has 8 nitrogen and oxygen atoms in total. The molecule has 0 radical (unpaired) electrons. The van der Waals surface area contributed by atoms with Crippen LogP contribution >= 0.6 is 0 Å². The third-order valence-corrected chi connectivity index (χ3v) is 2.41. The van der Waals surface area contributed by atoms with E-state index in [2.05, 4.69) is 15.5 Å². The Kier molecular flexibility index (Phi) is 4.06. The number of amides is 2. The Morgan fingerprint density at radius 1 is 1.45 bits per heavy atom. The molecule has 2 rings (SSSR count). The van der Waals surface area contributed by atoms with Gasteiger partial charge in [-0.3, -0.25) is 14.6 Å². The molecule has 0 bridgehead atoms. The SMILES string of the molecule is COCC(=O)Nc1cncc(-c2nocc2C(N)=O)c1. The van der Waals surface area contributed by atoms with E-state index in [1.165, 1.54) is 19.5 Å². The van der Waals surface area contributed by atoms with Crippen LogP contribution in [0.2, 0.25) is 0 Å². The Balaban J connectivity index is 2.27. The minimum absolute atomic E-state index is 0.0687. The summed E-state index contributed by atoms with van der Waals surface area (Å²) in [5.41, 5.74) is 6.58. The van der Waals surface area contributed by atoms with Crippen LogP contribution in [0.3, 0.4) is 0 Å². The number of nitrogens with one attached hydrogen (secondary N) is 1. The van der Waals surface area contributed by atoms with Crippen LogP contribution in [0.5, 0.6) is 0 Å². The van der Waals surface area contributed by atoms with Gasteiger partial charge in [-0.05, 0) is 6.07 Å². The van der Waals surface area contributed by atoms with Crippen molar-refractivity contribution in [1.82, 2.24) is 10.1 Å². The zero-order valence-corrected chi connectivity index (χ0v) is 10.6. The number of primary amides is 1. The van der Waals surface area contributed by atoms with Gasteiger partial charge >= 0.3 is 0 Å². The van der Waals surface area contributed by atoms with Crippen molar-refractivity contribution in [3.8, 4) is 11.3 Å². The zero-order chi connectivity index (χ0) is 14.5. The highest BCUT2D eigenvalue weighted by Gasteiger charge is 2.15. The van der Waals surface area contributed by atoms with Crippen molar-refractivity contribution in [1.29, 1.82) is 0 Å². The van der Waals surface area contributed by atoms with Crippen LogP contribution in [-0.4, -0.2) is 35.7 Å². The Hall–Kier alpha value is -2.74. The largest absolute Gasteiger partial charge is 0.375 e. The molecule has 20 heavy (non-hydrogen) atoms. The second-order valence-electron chi connectivity index (χ2n) is 3.88. The first-order chi connectivity index (χ1) is 9.61. The predicted octanol–water partition coefficient (Wildman–Crippen LogP) is 0.420. The number of carbonyl (C=O) groups is 2. The summed E-state index contributed by atoms with van der Waals surface area (Å²) in [6.45, 7) is -0.0687. The molecule has 2 amide bonds. The van der Waals surface area contributed by atoms with Crippen molar-refractivity contribution in [3.05, 3.63) is 30.3 Å². The lowest BCUT2D eigenvalue weighted by molar-refractivity contribution is -0.119. The Labute approximate surface area is 113 Å². The molecule has 0 atom stereocenters. The summed E-state index contributed by atoms with van der Waals surface area (Å²) in [4.78, 5) is 26.6. The summed E-state index contributed by atoms with van der Waals surface area (Å²) in [6.07, 6.45) is 4.10. The summed E-state index contributed by atoms with van der Waals surface area (Å²) in [6, 6.07) is 1.60. The second kappa shape index (κ2) is 5.93. The van der Waals surface area contributed by atoms with Crippen LogP contribution in [-0.2, 0) is 9.53 Å². The van der Waals surface area contributed by atoms with E-state index in [0.717, 1.165) is 6.26 Å². The van der Waals surface area contributed by atoms with Crippen LogP contribution in [0, 0.1) is 0 Å². The van der Waals surface area contributed by atoms with Crippen molar-refractivity contribution in [2.75, 3.05) is 19.0 Å². The lowest BCUT2D eigenvalue weighted by Gasteiger charge is -2.05. The summed E-state index contributed by atoms with van der Waals surface area (Å²) >= 11 is 0. The highest BCUT2D eigenvalue weighted by Crippen LogP contribution is 2.23. The van der Waals surface area contributed by atoms with E-state index in [4.69, 9.17) is 15.0 Å². The number of aromatic nitrogens is 2. The molecular weight excluding hydrogens is 264 g/mol. The molecule has 8 heteroatoms. The number of ether oxygens (including phenoxy) is 1. The summed E-state index contributed by atoms with van der Waals surface area (Å²) in [5.74, 6) is -0.975. The third kappa shape index (κ3) is 2.98. The minimum Gasteiger partial charge on any atom is -0.375 e. The van der Waals surface area contributed by atoms with Gasteiger partial charge in [-0.2, -0.15) is 0 Å². The highest BCUT2D eigenvalue weighted by molar-refractivity contribution is 5.98. The molecule has 0 saturated heterocycles. The molecule has 0 aromatic carbocycles. The van der Waals surface area contributed by atoms with Crippen molar-refractivity contribution in [3.63, 3.8) is 0 Å². The highest BCUT2D eigenvalue weighted by atomic mass is 16.5. The molecule has 2 aromatic rings. The molecule has 0 unspecified atom stereocenters. The Morgan fingerprint density at radius 3 is 2.95 bits per heavy atom. The average molecular weight is 276 g/mol. The first-order valence-corrected chi connectivity index (χ1v) is 5.60. The number of rotatable bonds is 5. The first-order valence-electron chi connectivity index (χ1n) is 5.60. The van der Waals surface area contributed by atoms with Gasteiger partial charge in [0, 0.05) is 18.9 Å². The first kappa shape index (κ1) is 13.7. The van der Waals surface area contributed by atoms with Crippen molar-refractivity contribution >= 4 is 17.5 Å². The van der Waals surface area contributed by atoms with E-state index in [0.29, 0.717) is 11.3 Å². The number of carbonyl (C=O) groups excluding carboxylic acids is 2. The standard InChI is InChI=1S/C12H12N4O4/c1-19-6-10(17)15-8-2-7(3-14-4-8)11-9(12(13)18)5-20-16-11/h2-5H,6H2,1H3,(H2,13,18)(H,15,17). The summed E-state index contributed by atoms with van der Waals surface area (Å²) < 4.78 is 9.44. The van der Waals surface area contributed by atoms with E-state index in [9.17, 15) is 9.59 Å². The number of pyridine rings is 1. The van der Waals surface area contributed by atoms with Gasteiger partial charge in [-0.1, -0.05) is 5.16 Å². The number of methoxy groups -OCH3 is 1. The van der Waals surface area contributed by atoms with Gasteiger partial charge < -0.3 is 20.3 Å². The summed E-state index contributed by atoms with van der Waals surface area (Å²) in [7, 11) is 1.42. The number of nitrogens with zero attached hydrogens (tertiary/aromatic N) is 2. The molecular formula is C12H12N4O4. The van der Waals surface area contributed by atoms with Crippen LogP contribution in [0.1, 0.15) is 10.4 Å². The maximum absolute atomic E-state index is 11.4. The summed E-state index contributed by atoms with van der Waals surface area (Å²) in [5, 5.41) is 6.30. The molecule has 0 fully saturated rings. The monoisotopic (exact) mass is 276 g/mol. The molecule has 104 valence electrons. The fourth-order valence-electron chi connectivity index (χ4n) is 1.59. The number of hydrogen-bond donors (Lipinski definition) is 2. The van der Waals surface area contributed by atoms with Gasteiger partial charge in [0.15, 0.2) is 0 Å². The second-order valence-corrected chi connectivity index (χ2v) is 3.88. The fourth-order valence-corrected chi connectivity index (χ4v) is 1.59. The van der Waals surface area contributed by atoms with Crippen LogP contribution in [0.25, 0.3) is 11.3 Å². The van der Waals surface area contributed by atoms with Crippen molar-refractivity contribution < 1.29 is 18.8 Å². The third-order valence-electron chi connectivity index (χ3n) is 2.41. The number of nitrogens with two attached hydrogens (primary N) is 1. The quantitative estimate of drug-likeness (QED) is 0.816. The maximum Gasteiger partial charge on any atom is 0.254 e. The molecule has 2 aromatic heterocycles. The smallest absolute Gasteiger partial charge is 0.254 e. The fraction of sp³-hybridized carbons (Fsp3) is 0.167. The molecule has 0 aliphatic rings. The van der Waals surface area contributed by atoms with E-state index in [-0.39, 0.29) is 23.8 Å². The normalized spacial score (nSPS) is 10.2. The van der Waals surface area contributed by atoms with Gasteiger partial charge in [-0.15, -0.1) is 0 Å². The van der Waals surface area contributed by atoms with Gasteiger partial charge in [0.2, 0.25) is 5.91 Å². The van der Waals surface area contributed by atoms with E-state index in [1.807, 2.05) is 0 Å². The molecule has 0 saturated carbocycles. The molecule has 0 spiro atoms. The van der Waals surface area contributed by atoms with E-state index < -0.39 is 5.91 Å². The number of anilines is 1. The van der Waals surface area contributed by atoms with Gasteiger partial charge in [0.05, 0.1) is 11.9 Å². The van der Waals surface area contributed by atoms with E-state index >= 15 is 0 Å². The van der Waals surface area contributed by atoms with E-state index in [1.54, 1.807) is 6.07 Å². The van der Waals surface area contributed by atoms with Gasteiger partial charge in [-0.25, -0.2) is 0 Å². The van der Waals surface area contributed by atoms with Crippen LogP contribution < -0.4 is 11.1 Å². The molecule has 0 aliphatic carbocycles. The van der Waals surface area contributed by atoms with Crippen LogP contribution in [0.4, 0.5) is 5.69 Å². The molecule has 2 heterocycles. The molecule has 3 N–H and O–H groups in total. The topological polar surface area (TPSA) is 120 Å². The molecule has 0 aliphatic heterocycles. The predicted molar refractivity (Wildman–Crippen MR) is 68.8 cm³/mol. The minimum atomic E-state index is -0.657. The maximum atomic E-state index is 11.4. The average Bonchev–Trinajstić information content (AvgIpc) is 2.88.